The summed E-state index contributed by atoms with van der Waals surface area (Å²) in [5.74, 6) is 0. The Hall–Kier alpha value is -0.120. The summed E-state index contributed by atoms with van der Waals surface area (Å²) in [5.41, 5.74) is 0. The maximum absolute atomic E-state index is 8.80. The third-order valence-electron chi connectivity index (χ3n) is 1.04. The van der Waals surface area contributed by atoms with Gasteiger partial charge < -0.3 is 14.6 Å². The minimum atomic E-state index is -0.381. The molecule has 0 spiro atoms. The third kappa shape index (κ3) is 9.88. The lowest BCUT2D eigenvalue weighted by Crippen LogP contribution is -2.15. The van der Waals surface area contributed by atoms with E-state index in [0.717, 1.165) is 0 Å². The monoisotopic (exact) mass is 162 g/mol. The normalized spacial score (nSPS) is 13.9. The molecule has 0 saturated heterocycles. The van der Waals surface area contributed by atoms with Crippen LogP contribution in [-0.4, -0.2) is 37.1 Å². The minimum Gasteiger partial charge on any atom is -0.391 e. The van der Waals surface area contributed by atoms with Crippen LogP contribution in [0.25, 0.3) is 0 Å². The zero-order valence-electron chi connectivity index (χ0n) is 7.54. The Bertz CT molecular complexity index is 71.4. The lowest BCUT2D eigenvalue weighted by molar-refractivity contribution is -0.00615. The second-order valence-corrected chi connectivity index (χ2v) is 2.84. The Labute approximate surface area is 68.3 Å². The molecule has 0 bridgehead atoms. The molecule has 3 heteroatoms. The van der Waals surface area contributed by atoms with Crippen LogP contribution in [0.3, 0.4) is 0 Å². The first-order chi connectivity index (χ1) is 5.13. The van der Waals surface area contributed by atoms with Gasteiger partial charge in [-0.3, -0.25) is 0 Å². The summed E-state index contributed by atoms with van der Waals surface area (Å²) in [6, 6.07) is 0. The number of hydrogen-bond donors (Lipinski definition) is 1. The fourth-order valence-electron chi connectivity index (χ4n) is 0.597. The highest BCUT2D eigenvalue weighted by molar-refractivity contribution is 4.42. The molecule has 1 atom stereocenters. The van der Waals surface area contributed by atoms with E-state index < -0.39 is 0 Å². The van der Waals surface area contributed by atoms with Crippen LogP contribution in [0, 0.1) is 0 Å². The molecule has 0 heterocycles. The van der Waals surface area contributed by atoms with E-state index in [9.17, 15) is 0 Å². The standard InChI is InChI=1S/C8H18O3/c1-7(2)11-5-4-10-6-8(3)9/h7-9H,4-6H2,1-3H3/t8-/m1/s1. The lowest BCUT2D eigenvalue weighted by Gasteiger charge is -2.08. The molecule has 11 heavy (non-hydrogen) atoms. The van der Waals surface area contributed by atoms with Crippen LogP contribution in [0.4, 0.5) is 0 Å². The van der Waals surface area contributed by atoms with Gasteiger partial charge in [0.25, 0.3) is 0 Å². The molecule has 0 amide bonds. The van der Waals surface area contributed by atoms with Crippen molar-refractivity contribution in [3.05, 3.63) is 0 Å². The number of ether oxygens (including phenoxy) is 2. The van der Waals surface area contributed by atoms with Gasteiger partial charge >= 0.3 is 0 Å². The van der Waals surface area contributed by atoms with Crippen molar-refractivity contribution in [2.75, 3.05) is 19.8 Å². The molecule has 3 nitrogen and oxygen atoms in total. The first kappa shape index (κ1) is 10.9. The van der Waals surface area contributed by atoms with E-state index >= 15 is 0 Å². The van der Waals surface area contributed by atoms with E-state index in [0.29, 0.717) is 19.8 Å². The fraction of sp³-hybridized carbons (Fsp3) is 1.00. The summed E-state index contributed by atoms with van der Waals surface area (Å²) < 4.78 is 10.3. The number of aliphatic hydroxyl groups excluding tert-OH is 1. The lowest BCUT2D eigenvalue weighted by atomic mass is 10.4. The summed E-state index contributed by atoms with van der Waals surface area (Å²) in [6.45, 7) is 7.21. The SMILES string of the molecule is CC(C)OCCOC[C@@H](C)O. The van der Waals surface area contributed by atoms with Gasteiger partial charge in [-0.1, -0.05) is 0 Å². The molecule has 0 aromatic carbocycles. The maximum Gasteiger partial charge on any atom is 0.0745 e. The van der Waals surface area contributed by atoms with E-state index in [1.165, 1.54) is 0 Å². The second-order valence-electron chi connectivity index (χ2n) is 2.84. The van der Waals surface area contributed by atoms with Crippen LogP contribution < -0.4 is 0 Å². The van der Waals surface area contributed by atoms with E-state index in [4.69, 9.17) is 14.6 Å². The van der Waals surface area contributed by atoms with E-state index in [-0.39, 0.29) is 12.2 Å². The molecular weight excluding hydrogens is 144 g/mol. The molecule has 0 radical (unpaired) electrons. The van der Waals surface area contributed by atoms with Crippen LogP contribution in [0.2, 0.25) is 0 Å². The highest BCUT2D eigenvalue weighted by Crippen LogP contribution is 1.88. The number of rotatable bonds is 6. The summed E-state index contributed by atoms with van der Waals surface area (Å²) in [6.07, 6.45) is -0.126. The fourth-order valence-corrected chi connectivity index (χ4v) is 0.597. The highest BCUT2D eigenvalue weighted by atomic mass is 16.5. The van der Waals surface area contributed by atoms with Crippen molar-refractivity contribution in [3.8, 4) is 0 Å². The van der Waals surface area contributed by atoms with Crippen LogP contribution in [-0.2, 0) is 9.47 Å². The summed E-state index contributed by atoms with van der Waals surface area (Å²) in [5, 5.41) is 8.80. The highest BCUT2D eigenvalue weighted by Gasteiger charge is 1.95. The smallest absolute Gasteiger partial charge is 0.0745 e. The van der Waals surface area contributed by atoms with Crippen molar-refractivity contribution in [1.82, 2.24) is 0 Å². The Morgan fingerprint density at radius 3 is 2.27 bits per heavy atom. The maximum atomic E-state index is 8.80. The van der Waals surface area contributed by atoms with Crippen molar-refractivity contribution in [2.24, 2.45) is 0 Å². The van der Waals surface area contributed by atoms with Crippen molar-refractivity contribution < 1.29 is 14.6 Å². The van der Waals surface area contributed by atoms with E-state index in [2.05, 4.69) is 0 Å². The largest absolute Gasteiger partial charge is 0.391 e. The van der Waals surface area contributed by atoms with Gasteiger partial charge in [0.05, 0.1) is 32.0 Å². The molecule has 0 saturated carbocycles. The first-order valence-electron chi connectivity index (χ1n) is 4.00. The van der Waals surface area contributed by atoms with Crippen molar-refractivity contribution in [2.45, 2.75) is 33.0 Å². The average molecular weight is 162 g/mol. The number of aliphatic hydroxyl groups is 1. The average Bonchev–Trinajstić information content (AvgIpc) is 1.85. The van der Waals surface area contributed by atoms with Gasteiger partial charge in [-0.25, -0.2) is 0 Å². The third-order valence-corrected chi connectivity index (χ3v) is 1.04. The van der Waals surface area contributed by atoms with Gasteiger partial charge in [0.15, 0.2) is 0 Å². The van der Waals surface area contributed by atoms with Gasteiger partial charge in [-0.2, -0.15) is 0 Å². The minimum absolute atomic E-state index is 0.255. The predicted molar refractivity (Wildman–Crippen MR) is 43.6 cm³/mol. The summed E-state index contributed by atoms with van der Waals surface area (Å²) in [4.78, 5) is 0. The first-order valence-corrected chi connectivity index (χ1v) is 4.00. The summed E-state index contributed by atoms with van der Waals surface area (Å²) >= 11 is 0. The molecule has 0 aliphatic carbocycles. The van der Waals surface area contributed by atoms with Crippen molar-refractivity contribution in [3.63, 3.8) is 0 Å². The zero-order valence-corrected chi connectivity index (χ0v) is 7.54. The van der Waals surface area contributed by atoms with E-state index in [1.807, 2.05) is 13.8 Å². The van der Waals surface area contributed by atoms with Gasteiger partial charge in [0.2, 0.25) is 0 Å². The topological polar surface area (TPSA) is 38.7 Å². The van der Waals surface area contributed by atoms with Crippen LogP contribution in [0.5, 0.6) is 0 Å². The molecule has 0 fully saturated rings. The van der Waals surface area contributed by atoms with Crippen molar-refractivity contribution in [1.29, 1.82) is 0 Å². The quantitative estimate of drug-likeness (QED) is 0.587. The van der Waals surface area contributed by atoms with Gasteiger partial charge in [0.1, 0.15) is 0 Å². The molecular formula is C8H18O3. The van der Waals surface area contributed by atoms with Crippen LogP contribution in [0.15, 0.2) is 0 Å². The Morgan fingerprint density at radius 1 is 1.18 bits per heavy atom. The molecule has 0 aliphatic heterocycles. The molecule has 1 N–H and O–H groups in total. The molecule has 0 aliphatic rings. The van der Waals surface area contributed by atoms with Gasteiger partial charge in [-0.05, 0) is 20.8 Å². The van der Waals surface area contributed by atoms with Crippen molar-refractivity contribution >= 4 is 0 Å². The van der Waals surface area contributed by atoms with Crippen LogP contribution in [0.1, 0.15) is 20.8 Å². The predicted octanol–water partition coefficient (Wildman–Crippen LogP) is 0.809. The molecule has 0 aromatic heterocycles. The molecule has 68 valence electrons. The Morgan fingerprint density at radius 2 is 1.82 bits per heavy atom. The van der Waals surface area contributed by atoms with Gasteiger partial charge in [0, 0.05) is 0 Å². The Balaban J connectivity index is 2.91. The Kier molecular flexibility index (Phi) is 6.51. The zero-order chi connectivity index (χ0) is 8.69. The summed E-state index contributed by atoms with van der Waals surface area (Å²) in [7, 11) is 0. The molecule has 0 unspecified atom stereocenters. The van der Waals surface area contributed by atoms with Crippen LogP contribution >= 0.6 is 0 Å². The van der Waals surface area contributed by atoms with Gasteiger partial charge in [-0.15, -0.1) is 0 Å². The second kappa shape index (κ2) is 6.58. The molecule has 0 rings (SSSR count). The van der Waals surface area contributed by atoms with E-state index in [1.54, 1.807) is 6.92 Å². The number of hydrogen-bond acceptors (Lipinski definition) is 3. The molecule has 0 aromatic rings.